The lowest BCUT2D eigenvalue weighted by Gasteiger charge is -2.23. The van der Waals surface area contributed by atoms with Crippen LogP contribution in [0.2, 0.25) is 0 Å². The van der Waals surface area contributed by atoms with Crippen molar-refractivity contribution in [3.63, 3.8) is 0 Å². The quantitative estimate of drug-likeness (QED) is 0.419. The number of aromatic nitrogens is 2. The molecule has 8 nitrogen and oxygen atoms in total. The third-order valence-electron chi connectivity index (χ3n) is 5.21. The molecule has 0 unspecified atom stereocenters. The number of ether oxygens (including phenoxy) is 2. The number of pyridine rings is 1. The number of thiazole rings is 1. The molecule has 0 fully saturated rings. The van der Waals surface area contributed by atoms with Crippen LogP contribution in [0, 0.1) is 10.8 Å². The predicted molar refractivity (Wildman–Crippen MR) is 139 cm³/mol. The number of rotatable bonds is 8. The van der Waals surface area contributed by atoms with Gasteiger partial charge in [-0.2, -0.15) is 0 Å². The van der Waals surface area contributed by atoms with Crippen molar-refractivity contribution in [2.24, 2.45) is 10.8 Å². The minimum Gasteiger partial charge on any atom is -0.466 e. The van der Waals surface area contributed by atoms with E-state index < -0.39 is 28.7 Å². The molecule has 36 heavy (non-hydrogen) atoms. The molecule has 2 aromatic heterocycles. The normalized spacial score (nSPS) is 11.6. The van der Waals surface area contributed by atoms with Gasteiger partial charge in [0.1, 0.15) is 5.01 Å². The summed E-state index contributed by atoms with van der Waals surface area (Å²) in [6, 6.07) is 11.4. The van der Waals surface area contributed by atoms with Crippen molar-refractivity contribution in [3.8, 4) is 26.8 Å². The van der Waals surface area contributed by atoms with Gasteiger partial charge in [-0.15, -0.1) is 11.3 Å². The fourth-order valence-corrected chi connectivity index (χ4v) is 3.89. The first kappa shape index (κ1) is 27.0. The SMILES string of the molecule is CCOC(=O)C(C)(C)CNC(=O)c1ncc(-c2cnc(-c3ccccc3)s2)cc1OC(=O)C(C)(C)C. The van der Waals surface area contributed by atoms with E-state index in [0.29, 0.717) is 5.56 Å². The number of esters is 2. The minimum atomic E-state index is -0.940. The molecule has 0 radical (unpaired) electrons. The standard InChI is InChI=1S/C27H31N3O5S/c1-7-34-25(33)27(5,6)16-30-22(31)21-19(35-24(32)26(2,3)4)13-18(14-28-21)20-15-29-23(36-20)17-11-9-8-10-12-17/h8-15H,7,16H2,1-6H3,(H,30,31). The lowest BCUT2D eigenvalue weighted by molar-refractivity contribution is -0.153. The molecular weight excluding hydrogens is 478 g/mol. The van der Waals surface area contributed by atoms with Crippen LogP contribution < -0.4 is 10.1 Å². The number of nitrogens with one attached hydrogen (secondary N) is 1. The Morgan fingerprint density at radius 1 is 0.944 bits per heavy atom. The summed E-state index contributed by atoms with van der Waals surface area (Å²) in [6.45, 7) is 10.5. The summed E-state index contributed by atoms with van der Waals surface area (Å²) in [5, 5.41) is 3.55. The van der Waals surface area contributed by atoms with Crippen LogP contribution in [0.1, 0.15) is 52.0 Å². The molecule has 0 aliphatic carbocycles. The summed E-state index contributed by atoms with van der Waals surface area (Å²) < 4.78 is 10.7. The first-order valence-electron chi connectivity index (χ1n) is 11.6. The average Bonchev–Trinajstić information content (AvgIpc) is 3.33. The Bertz CT molecular complexity index is 1250. The van der Waals surface area contributed by atoms with Crippen molar-refractivity contribution in [2.45, 2.75) is 41.5 Å². The Balaban J connectivity index is 1.91. The van der Waals surface area contributed by atoms with Crippen molar-refractivity contribution < 1.29 is 23.9 Å². The second-order valence-corrected chi connectivity index (χ2v) is 10.9. The number of nitrogens with zero attached hydrogens (tertiary/aromatic N) is 2. The third kappa shape index (κ3) is 6.54. The molecule has 3 aromatic rings. The van der Waals surface area contributed by atoms with Gasteiger partial charge in [-0.05, 0) is 47.6 Å². The maximum absolute atomic E-state index is 13.0. The number of benzene rings is 1. The van der Waals surface area contributed by atoms with Crippen LogP contribution in [-0.4, -0.2) is 41.0 Å². The maximum atomic E-state index is 13.0. The lowest BCUT2D eigenvalue weighted by atomic mass is 9.93. The largest absolute Gasteiger partial charge is 0.466 e. The fraction of sp³-hybridized carbons (Fsp3) is 0.370. The van der Waals surface area contributed by atoms with Gasteiger partial charge in [0.05, 0.1) is 22.3 Å². The highest BCUT2D eigenvalue weighted by atomic mass is 32.1. The maximum Gasteiger partial charge on any atom is 0.316 e. The fourth-order valence-electron chi connectivity index (χ4n) is 2.99. The molecule has 3 rings (SSSR count). The number of carbonyl (C=O) groups is 3. The summed E-state index contributed by atoms with van der Waals surface area (Å²) in [7, 11) is 0. The van der Waals surface area contributed by atoms with Gasteiger partial charge in [-0.25, -0.2) is 9.97 Å². The van der Waals surface area contributed by atoms with Crippen molar-refractivity contribution in [2.75, 3.05) is 13.2 Å². The number of carbonyl (C=O) groups excluding carboxylic acids is 3. The predicted octanol–water partition coefficient (Wildman–Crippen LogP) is 5.14. The van der Waals surface area contributed by atoms with Gasteiger partial charge in [-0.3, -0.25) is 14.4 Å². The van der Waals surface area contributed by atoms with Crippen LogP contribution in [0.3, 0.4) is 0 Å². The highest BCUT2D eigenvalue weighted by Gasteiger charge is 2.31. The zero-order chi connectivity index (χ0) is 26.5. The zero-order valence-electron chi connectivity index (χ0n) is 21.4. The molecule has 0 atom stereocenters. The van der Waals surface area contributed by atoms with Gasteiger partial charge >= 0.3 is 11.9 Å². The summed E-state index contributed by atoms with van der Waals surface area (Å²) in [5.41, 5.74) is -0.134. The van der Waals surface area contributed by atoms with Crippen LogP contribution in [-0.2, 0) is 14.3 Å². The van der Waals surface area contributed by atoms with Crippen molar-refractivity contribution in [3.05, 3.63) is 54.5 Å². The first-order valence-corrected chi connectivity index (χ1v) is 12.4. The van der Waals surface area contributed by atoms with Crippen molar-refractivity contribution in [1.29, 1.82) is 0 Å². The Morgan fingerprint density at radius 2 is 1.64 bits per heavy atom. The zero-order valence-corrected chi connectivity index (χ0v) is 22.2. The third-order valence-corrected chi connectivity index (χ3v) is 6.31. The van der Waals surface area contributed by atoms with Gasteiger partial charge in [-0.1, -0.05) is 30.3 Å². The Morgan fingerprint density at radius 3 is 2.28 bits per heavy atom. The van der Waals surface area contributed by atoms with E-state index >= 15 is 0 Å². The van der Waals surface area contributed by atoms with Crippen LogP contribution in [0.5, 0.6) is 5.75 Å². The molecule has 1 N–H and O–H groups in total. The molecular formula is C27H31N3O5S. The van der Waals surface area contributed by atoms with E-state index in [1.165, 1.54) is 11.3 Å². The smallest absolute Gasteiger partial charge is 0.316 e. The number of hydrogen-bond acceptors (Lipinski definition) is 8. The second kappa shape index (κ2) is 11.0. The van der Waals surface area contributed by atoms with Crippen molar-refractivity contribution in [1.82, 2.24) is 15.3 Å². The lowest BCUT2D eigenvalue weighted by Crippen LogP contribution is -2.40. The van der Waals surface area contributed by atoms with Crippen LogP contribution in [0.25, 0.3) is 21.0 Å². The molecule has 2 heterocycles. The van der Waals surface area contributed by atoms with Gasteiger partial charge in [0.2, 0.25) is 0 Å². The van der Waals surface area contributed by atoms with Crippen molar-refractivity contribution >= 4 is 29.2 Å². The molecule has 9 heteroatoms. The first-order chi connectivity index (χ1) is 16.9. The Hall–Kier alpha value is -3.59. The molecule has 1 aromatic carbocycles. The van der Waals surface area contributed by atoms with E-state index in [1.54, 1.807) is 60.0 Å². The van der Waals surface area contributed by atoms with Gasteiger partial charge in [0.25, 0.3) is 5.91 Å². The number of hydrogen-bond donors (Lipinski definition) is 1. The van der Waals surface area contributed by atoms with Crippen LogP contribution in [0.4, 0.5) is 0 Å². The highest BCUT2D eigenvalue weighted by Crippen LogP contribution is 2.34. The molecule has 0 saturated carbocycles. The molecule has 0 aliphatic heterocycles. The topological polar surface area (TPSA) is 107 Å². The molecule has 0 saturated heterocycles. The number of amides is 1. The molecule has 190 valence electrons. The summed E-state index contributed by atoms with van der Waals surface area (Å²) in [6.07, 6.45) is 3.27. The monoisotopic (exact) mass is 509 g/mol. The van der Waals surface area contributed by atoms with E-state index in [4.69, 9.17) is 9.47 Å². The summed E-state index contributed by atoms with van der Waals surface area (Å²) in [4.78, 5) is 47.5. The van der Waals surface area contributed by atoms with Crippen LogP contribution >= 0.6 is 11.3 Å². The molecule has 0 aliphatic rings. The Kier molecular flexibility index (Phi) is 8.24. The van der Waals surface area contributed by atoms with E-state index in [1.807, 2.05) is 30.3 Å². The molecule has 0 bridgehead atoms. The van der Waals surface area contributed by atoms with E-state index in [-0.39, 0.29) is 24.6 Å². The molecule has 0 spiro atoms. The van der Waals surface area contributed by atoms with E-state index in [2.05, 4.69) is 15.3 Å². The highest BCUT2D eigenvalue weighted by molar-refractivity contribution is 7.18. The van der Waals surface area contributed by atoms with Gasteiger partial charge in [0.15, 0.2) is 11.4 Å². The Labute approximate surface area is 215 Å². The molecule has 1 amide bonds. The van der Waals surface area contributed by atoms with E-state index in [9.17, 15) is 14.4 Å². The van der Waals surface area contributed by atoms with Gasteiger partial charge < -0.3 is 14.8 Å². The van der Waals surface area contributed by atoms with Crippen LogP contribution in [0.15, 0.2) is 48.8 Å². The van der Waals surface area contributed by atoms with E-state index in [0.717, 1.165) is 15.4 Å². The second-order valence-electron chi connectivity index (χ2n) is 9.89. The summed E-state index contributed by atoms with van der Waals surface area (Å²) in [5.74, 6) is -1.46. The minimum absolute atomic E-state index is 0.0238. The summed E-state index contributed by atoms with van der Waals surface area (Å²) >= 11 is 1.46. The van der Waals surface area contributed by atoms with Gasteiger partial charge in [0, 0.05) is 30.1 Å². The average molecular weight is 510 g/mol.